The SMILES string of the molecule is COc1ccc(Cl)cc1NCC(=O)NCC(N1CCNCC1)C(F)(F)F.Cl.Cl. The zero-order chi connectivity index (χ0) is 19.2. The average molecular weight is 468 g/mol. The third kappa shape index (κ3) is 8.08. The van der Waals surface area contributed by atoms with Gasteiger partial charge in [0.25, 0.3) is 0 Å². The lowest BCUT2D eigenvalue weighted by molar-refractivity contribution is -0.183. The Morgan fingerprint density at radius 2 is 1.96 bits per heavy atom. The molecule has 1 atom stereocenters. The molecular weight excluding hydrogens is 444 g/mol. The molecule has 1 fully saturated rings. The van der Waals surface area contributed by atoms with Crippen LogP contribution in [0.4, 0.5) is 18.9 Å². The summed E-state index contributed by atoms with van der Waals surface area (Å²) in [6.07, 6.45) is -4.41. The highest BCUT2D eigenvalue weighted by Gasteiger charge is 2.43. The van der Waals surface area contributed by atoms with Crippen LogP contribution in [0.25, 0.3) is 0 Å². The molecule has 162 valence electrons. The van der Waals surface area contributed by atoms with Crippen molar-refractivity contribution in [3.05, 3.63) is 23.2 Å². The Hall–Kier alpha value is -1.13. The zero-order valence-corrected chi connectivity index (χ0v) is 17.5. The summed E-state index contributed by atoms with van der Waals surface area (Å²) in [7, 11) is 1.47. The van der Waals surface area contributed by atoms with Crippen molar-refractivity contribution in [3.63, 3.8) is 0 Å². The van der Waals surface area contributed by atoms with Gasteiger partial charge in [-0.1, -0.05) is 11.6 Å². The number of methoxy groups -OCH3 is 1. The van der Waals surface area contributed by atoms with Crippen LogP contribution in [-0.4, -0.2) is 69.4 Å². The van der Waals surface area contributed by atoms with Gasteiger partial charge < -0.3 is 20.7 Å². The molecule has 0 aromatic heterocycles. The van der Waals surface area contributed by atoms with E-state index in [1.165, 1.54) is 12.0 Å². The number of nitrogens with zero attached hydrogens (tertiary/aromatic N) is 1. The second-order valence-corrected chi connectivity index (χ2v) is 6.28. The normalized spacial score (nSPS) is 15.6. The Balaban J connectivity index is 0.00000364. The van der Waals surface area contributed by atoms with Crippen LogP contribution in [0.2, 0.25) is 5.02 Å². The van der Waals surface area contributed by atoms with E-state index in [0.717, 1.165) is 0 Å². The minimum Gasteiger partial charge on any atom is -0.495 e. The van der Waals surface area contributed by atoms with Crippen molar-refractivity contribution in [3.8, 4) is 5.75 Å². The smallest absolute Gasteiger partial charge is 0.405 e. The molecule has 2 rings (SSSR count). The van der Waals surface area contributed by atoms with Crippen LogP contribution in [0.15, 0.2) is 18.2 Å². The first-order valence-corrected chi connectivity index (χ1v) is 8.54. The molecule has 12 heteroatoms. The van der Waals surface area contributed by atoms with Crippen molar-refractivity contribution >= 4 is 48.0 Å². The Bertz CT molecular complexity index is 617. The van der Waals surface area contributed by atoms with E-state index in [0.29, 0.717) is 29.5 Å². The summed E-state index contributed by atoms with van der Waals surface area (Å²) in [6.45, 7) is 0.892. The monoisotopic (exact) mass is 466 g/mol. The number of halogens is 6. The van der Waals surface area contributed by atoms with Crippen molar-refractivity contribution in [2.24, 2.45) is 0 Å². The molecule has 1 unspecified atom stereocenters. The number of alkyl halides is 3. The van der Waals surface area contributed by atoms with E-state index in [1.54, 1.807) is 18.2 Å². The highest BCUT2D eigenvalue weighted by Crippen LogP contribution is 2.27. The summed E-state index contributed by atoms with van der Waals surface area (Å²) in [5.74, 6) is -0.0624. The quantitative estimate of drug-likeness (QED) is 0.575. The van der Waals surface area contributed by atoms with Gasteiger partial charge in [0.1, 0.15) is 11.8 Å². The van der Waals surface area contributed by atoms with Crippen molar-refractivity contribution in [2.45, 2.75) is 12.2 Å². The zero-order valence-electron chi connectivity index (χ0n) is 15.1. The molecule has 1 aliphatic heterocycles. The van der Waals surface area contributed by atoms with Gasteiger partial charge in [-0.3, -0.25) is 9.69 Å². The summed E-state index contributed by atoms with van der Waals surface area (Å²) >= 11 is 5.90. The van der Waals surface area contributed by atoms with Gasteiger partial charge in [0.2, 0.25) is 5.91 Å². The van der Waals surface area contributed by atoms with Crippen LogP contribution in [0, 0.1) is 0 Å². The third-order valence-electron chi connectivity index (χ3n) is 4.06. The molecule has 0 bridgehead atoms. The number of benzene rings is 1. The Morgan fingerprint density at radius 3 is 2.54 bits per heavy atom. The predicted molar refractivity (Wildman–Crippen MR) is 108 cm³/mol. The maximum atomic E-state index is 13.3. The molecule has 0 aliphatic carbocycles. The van der Waals surface area contributed by atoms with E-state index in [9.17, 15) is 18.0 Å². The molecule has 0 radical (unpaired) electrons. The summed E-state index contributed by atoms with van der Waals surface area (Å²) in [5, 5.41) is 8.63. The fraction of sp³-hybridized carbons (Fsp3) is 0.562. The molecule has 28 heavy (non-hydrogen) atoms. The maximum absolute atomic E-state index is 13.3. The molecule has 1 amide bonds. The Kier molecular flexibility index (Phi) is 11.9. The lowest BCUT2D eigenvalue weighted by Gasteiger charge is -2.35. The van der Waals surface area contributed by atoms with E-state index >= 15 is 0 Å². The van der Waals surface area contributed by atoms with Gasteiger partial charge in [-0.2, -0.15) is 13.2 Å². The van der Waals surface area contributed by atoms with E-state index < -0.39 is 24.7 Å². The number of nitrogens with one attached hydrogen (secondary N) is 3. The molecule has 3 N–H and O–H groups in total. The lowest BCUT2D eigenvalue weighted by Crippen LogP contribution is -2.57. The van der Waals surface area contributed by atoms with Crippen molar-refractivity contribution in [2.75, 3.05) is 51.7 Å². The number of hydrogen-bond acceptors (Lipinski definition) is 5. The fourth-order valence-electron chi connectivity index (χ4n) is 2.71. The number of ether oxygens (including phenoxy) is 1. The number of carbonyl (C=O) groups is 1. The van der Waals surface area contributed by atoms with Crippen molar-refractivity contribution in [1.29, 1.82) is 0 Å². The Labute approximate surface area is 179 Å². The Morgan fingerprint density at radius 1 is 1.32 bits per heavy atom. The van der Waals surface area contributed by atoms with Crippen LogP contribution < -0.4 is 20.7 Å². The molecule has 0 saturated carbocycles. The second kappa shape index (κ2) is 12.4. The number of rotatable bonds is 7. The second-order valence-electron chi connectivity index (χ2n) is 5.85. The third-order valence-corrected chi connectivity index (χ3v) is 4.30. The van der Waals surface area contributed by atoms with Gasteiger partial charge in [0, 0.05) is 37.7 Å². The number of anilines is 1. The predicted octanol–water partition coefficient (Wildman–Crippen LogP) is 2.56. The van der Waals surface area contributed by atoms with Gasteiger partial charge in [0.15, 0.2) is 0 Å². The van der Waals surface area contributed by atoms with Crippen molar-refractivity contribution in [1.82, 2.24) is 15.5 Å². The first kappa shape index (κ1) is 26.9. The lowest BCUT2D eigenvalue weighted by atomic mass is 10.2. The van der Waals surface area contributed by atoms with E-state index in [-0.39, 0.29) is 44.4 Å². The minimum atomic E-state index is -4.41. The van der Waals surface area contributed by atoms with Gasteiger partial charge in [0.05, 0.1) is 19.3 Å². The van der Waals surface area contributed by atoms with E-state index in [2.05, 4.69) is 16.0 Å². The minimum absolute atomic E-state index is 0. The first-order chi connectivity index (χ1) is 12.3. The number of carbonyl (C=O) groups excluding carboxylic acids is 1. The molecule has 1 aliphatic rings. The number of hydrogen-bond donors (Lipinski definition) is 3. The molecule has 1 saturated heterocycles. The van der Waals surface area contributed by atoms with Gasteiger partial charge in [-0.15, -0.1) is 24.8 Å². The van der Waals surface area contributed by atoms with Crippen LogP contribution in [0.1, 0.15) is 0 Å². The van der Waals surface area contributed by atoms with Gasteiger partial charge in [-0.25, -0.2) is 0 Å². The fourth-order valence-corrected chi connectivity index (χ4v) is 2.88. The summed E-state index contributed by atoms with van der Waals surface area (Å²) in [5.41, 5.74) is 0.490. The summed E-state index contributed by atoms with van der Waals surface area (Å²) < 4.78 is 45.0. The largest absolute Gasteiger partial charge is 0.495 e. The molecule has 1 aromatic carbocycles. The van der Waals surface area contributed by atoms with Gasteiger partial charge >= 0.3 is 6.18 Å². The summed E-state index contributed by atoms with van der Waals surface area (Å²) in [4.78, 5) is 13.3. The molecular formula is C16H24Cl3F3N4O2. The summed E-state index contributed by atoms with van der Waals surface area (Å²) in [6, 6.07) is 3.14. The van der Waals surface area contributed by atoms with Gasteiger partial charge in [-0.05, 0) is 18.2 Å². The van der Waals surface area contributed by atoms with E-state index in [1.807, 2.05) is 0 Å². The number of amides is 1. The van der Waals surface area contributed by atoms with Crippen LogP contribution in [0.5, 0.6) is 5.75 Å². The first-order valence-electron chi connectivity index (χ1n) is 8.17. The van der Waals surface area contributed by atoms with Crippen LogP contribution in [0.3, 0.4) is 0 Å². The van der Waals surface area contributed by atoms with Crippen LogP contribution >= 0.6 is 36.4 Å². The highest BCUT2D eigenvalue weighted by molar-refractivity contribution is 6.30. The van der Waals surface area contributed by atoms with Crippen LogP contribution in [-0.2, 0) is 4.79 Å². The topological polar surface area (TPSA) is 65.6 Å². The highest BCUT2D eigenvalue weighted by atomic mass is 35.5. The van der Waals surface area contributed by atoms with E-state index in [4.69, 9.17) is 16.3 Å². The molecule has 6 nitrogen and oxygen atoms in total. The molecule has 1 aromatic rings. The molecule has 0 spiro atoms. The standard InChI is InChI=1S/C16H22ClF3N4O2.2ClH/c1-26-13-3-2-11(17)8-12(13)22-10-15(25)23-9-14(16(18,19)20)24-6-4-21-5-7-24;;/h2-3,8,14,21-22H,4-7,9-10H2,1H3,(H,23,25);2*1H. The molecule has 1 heterocycles. The average Bonchev–Trinajstić information content (AvgIpc) is 2.60. The van der Waals surface area contributed by atoms with Crippen molar-refractivity contribution < 1.29 is 22.7 Å². The maximum Gasteiger partial charge on any atom is 0.405 e. The number of piperazine rings is 1.